The summed E-state index contributed by atoms with van der Waals surface area (Å²) in [6.07, 6.45) is 8.34. The first-order valence-corrected chi connectivity index (χ1v) is 16.4. The molecule has 11 heteroatoms. The molecule has 3 aliphatic carbocycles. The van der Waals surface area contributed by atoms with Gasteiger partial charge in [0.15, 0.2) is 11.6 Å². The van der Waals surface area contributed by atoms with Crippen molar-refractivity contribution in [1.29, 1.82) is 5.26 Å². The van der Waals surface area contributed by atoms with E-state index in [0.29, 0.717) is 36.2 Å². The third kappa shape index (κ3) is 5.16. The van der Waals surface area contributed by atoms with Crippen LogP contribution in [0.15, 0.2) is 36.8 Å². The van der Waals surface area contributed by atoms with Gasteiger partial charge in [-0.25, -0.2) is 8.78 Å². The van der Waals surface area contributed by atoms with Crippen molar-refractivity contribution in [2.75, 3.05) is 50.8 Å². The number of anilines is 1. The van der Waals surface area contributed by atoms with Crippen molar-refractivity contribution in [3.63, 3.8) is 0 Å². The molecule has 8 rings (SSSR count). The SMILES string of the molecule is C=C(F)C(=O)N1CCN(c2nc(OCC3(CN4CCCC4)CC3)nc3c(F)c(-c4cccc5c4CC4CC54)ncc23)C[C@@H]1CC#N. The van der Waals surface area contributed by atoms with Gasteiger partial charge >= 0.3 is 6.01 Å². The lowest BCUT2D eigenvalue weighted by molar-refractivity contribution is -0.131. The van der Waals surface area contributed by atoms with Crippen molar-refractivity contribution in [3.8, 4) is 23.3 Å². The average Bonchev–Trinajstić information content (AvgIpc) is 3.91. The molecule has 0 N–H and O–H groups in total. The zero-order valence-electron chi connectivity index (χ0n) is 25.9. The van der Waals surface area contributed by atoms with Crippen molar-refractivity contribution < 1.29 is 18.3 Å². The van der Waals surface area contributed by atoms with Crippen LogP contribution >= 0.6 is 0 Å². The molecule has 1 aromatic carbocycles. The highest BCUT2D eigenvalue weighted by Gasteiger charge is 2.47. The second-order valence-electron chi connectivity index (χ2n) is 13.8. The Bertz CT molecular complexity index is 1780. The number of pyridine rings is 1. The molecular weight excluding hydrogens is 588 g/mol. The van der Waals surface area contributed by atoms with E-state index in [1.807, 2.05) is 17.0 Å². The van der Waals surface area contributed by atoms with Gasteiger partial charge in [-0.3, -0.25) is 9.78 Å². The molecule has 5 aliphatic rings. The van der Waals surface area contributed by atoms with Crippen LogP contribution in [0.1, 0.15) is 55.6 Å². The quantitative estimate of drug-likeness (QED) is 0.301. The number of carbonyl (C=O) groups excluding carboxylic acids is 1. The summed E-state index contributed by atoms with van der Waals surface area (Å²) in [6.45, 7) is 7.45. The van der Waals surface area contributed by atoms with Crippen LogP contribution in [0.4, 0.5) is 14.6 Å². The number of nitriles is 1. The zero-order chi connectivity index (χ0) is 31.6. The van der Waals surface area contributed by atoms with Crippen molar-refractivity contribution in [3.05, 3.63) is 53.7 Å². The molecule has 0 spiro atoms. The minimum atomic E-state index is -1.06. The third-order valence-electron chi connectivity index (χ3n) is 10.7. The van der Waals surface area contributed by atoms with Gasteiger partial charge in [0.1, 0.15) is 17.0 Å². The van der Waals surface area contributed by atoms with E-state index in [4.69, 9.17) is 9.72 Å². The molecule has 3 aromatic rings. The van der Waals surface area contributed by atoms with Crippen molar-refractivity contribution in [2.45, 2.75) is 56.9 Å². The smallest absolute Gasteiger partial charge is 0.319 e. The molecule has 0 radical (unpaired) electrons. The summed E-state index contributed by atoms with van der Waals surface area (Å²) in [5.74, 6) is -0.764. The summed E-state index contributed by atoms with van der Waals surface area (Å²) < 4.78 is 36.8. The van der Waals surface area contributed by atoms with Gasteiger partial charge in [-0.15, -0.1) is 0 Å². The summed E-state index contributed by atoms with van der Waals surface area (Å²) in [4.78, 5) is 32.4. The van der Waals surface area contributed by atoms with Gasteiger partial charge in [-0.05, 0) is 74.6 Å². The minimum absolute atomic E-state index is 0.00121. The molecule has 1 amide bonds. The van der Waals surface area contributed by atoms with Crippen LogP contribution in [0, 0.1) is 28.5 Å². The standard InChI is InChI=1S/C35H37F2N7O2/c1-21(36)33(45)44-14-13-43(18-23(44)7-10-38)32-28-17-39-30(25-6-4-5-24-26-15-22(26)16-27(24)25)29(37)31(28)40-34(41-32)46-20-35(8-9-35)19-42-11-2-3-12-42/h4-6,17,22-23,26H,1-3,7-9,11-16,18-20H2/t22?,23-,26?/m0/s1. The highest BCUT2D eigenvalue weighted by atomic mass is 19.1. The summed E-state index contributed by atoms with van der Waals surface area (Å²) in [7, 11) is 0. The lowest BCUT2D eigenvalue weighted by Crippen LogP contribution is -2.55. The van der Waals surface area contributed by atoms with Crippen LogP contribution in [0.3, 0.4) is 0 Å². The molecule has 2 aliphatic heterocycles. The van der Waals surface area contributed by atoms with Gasteiger partial charge in [0.25, 0.3) is 5.91 Å². The Labute approximate surface area is 266 Å². The van der Waals surface area contributed by atoms with Gasteiger partial charge in [0, 0.05) is 43.4 Å². The average molecular weight is 626 g/mol. The normalized spacial score (nSPS) is 24.4. The molecule has 4 heterocycles. The lowest BCUT2D eigenvalue weighted by Gasteiger charge is -2.41. The number of likely N-dealkylation sites (tertiary alicyclic amines) is 1. The number of ether oxygens (including phenoxy) is 1. The van der Waals surface area contributed by atoms with E-state index >= 15 is 4.39 Å². The second-order valence-corrected chi connectivity index (χ2v) is 13.8. The molecule has 238 valence electrons. The van der Waals surface area contributed by atoms with Crippen LogP contribution in [-0.2, 0) is 11.2 Å². The van der Waals surface area contributed by atoms with Crippen molar-refractivity contribution in [1.82, 2.24) is 24.8 Å². The van der Waals surface area contributed by atoms with Crippen LogP contribution < -0.4 is 9.64 Å². The number of rotatable bonds is 9. The Kier molecular flexibility index (Phi) is 7.16. The number of hydrogen-bond donors (Lipinski definition) is 0. The second kappa shape index (κ2) is 11.3. The topological polar surface area (TPSA) is 98.5 Å². The molecule has 46 heavy (non-hydrogen) atoms. The number of halogens is 2. The summed E-state index contributed by atoms with van der Waals surface area (Å²) in [5, 5.41) is 9.94. The van der Waals surface area contributed by atoms with Gasteiger partial charge in [-0.1, -0.05) is 24.8 Å². The number of aromatic nitrogens is 3. The maximum absolute atomic E-state index is 16.7. The molecule has 3 atom stereocenters. The molecule has 2 saturated heterocycles. The van der Waals surface area contributed by atoms with E-state index in [0.717, 1.165) is 44.5 Å². The Morgan fingerprint density at radius 3 is 2.76 bits per heavy atom. The van der Waals surface area contributed by atoms with Crippen molar-refractivity contribution >= 4 is 22.6 Å². The molecular formula is C35H37F2N7O2. The van der Waals surface area contributed by atoms with E-state index < -0.39 is 23.6 Å². The molecule has 2 saturated carbocycles. The maximum atomic E-state index is 16.7. The third-order valence-corrected chi connectivity index (χ3v) is 10.7. The minimum Gasteiger partial charge on any atom is -0.463 e. The largest absolute Gasteiger partial charge is 0.463 e. The van der Waals surface area contributed by atoms with Gasteiger partial charge < -0.3 is 19.4 Å². The highest BCUT2D eigenvalue weighted by molar-refractivity contribution is 5.93. The fraction of sp³-hybridized carbons (Fsp3) is 0.514. The van der Waals surface area contributed by atoms with E-state index in [2.05, 4.69) is 33.6 Å². The number of hydrogen-bond acceptors (Lipinski definition) is 8. The Hall–Kier alpha value is -4.17. The number of benzene rings is 1. The first kappa shape index (κ1) is 29.2. The van der Waals surface area contributed by atoms with E-state index in [1.54, 1.807) is 6.20 Å². The number of piperazine rings is 1. The predicted octanol–water partition coefficient (Wildman–Crippen LogP) is 5.16. The number of amides is 1. The molecule has 2 unspecified atom stereocenters. The fourth-order valence-corrected chi connectivity index (χ4v) is 7.94. The van der Waals surface area contributed by atoms with Crippen molar-refractivity contribution in [2.24, 2.45) is 11.3 Å². The Morgan fingerprint density at radius 2 is 2.00 bits per heavy atom. The molecule has 0 bridgehead atoms. The first-order chi connectivity index (χ1) is 22.3. The fourth-order valence-electron chi connectivity index (χ4n) is 7.94. The first-order valence-electron chi connectivity index (χ1n) is 16.4. The monoisotopic (exact) mass is 625 g/mol. The van der Waals surface area contributed by atoms with Crippen LogP contribution in [0.25, 0.3) is 22.2 Å². The Morgan fingerprint density at radius 1 is 1.17 bits per heavy atom. The van der Waals surface area contributed by atoms with Gasteiger partial charge in [0.05, 0.1) is 30.5 Å². The molecule has 2 aromatic heterocycles. The Balaban J connectivity index is 1.16. The zero-order valence-corrected chi connectivity index (χ0v) is 25.9. The summed E-state index contributed by atoms with van der Waals surface area (Å²) in [6, 6.07) is 7.68. The number of fused-ring (bicyclic) bond motifs is 4. The maximum Gasteiger partial charge on any atom is 0.319 e. The molecule has 9 nitrogen and oxygen atoms in total. The van der Waals surface area contributed by atoms with Crippen LogP contribution in [0.5, 0.6) is 6.01 Å². The summed E-state index contributed by atoms with van der Waals surface area (Å²) >= 11 is 0. The van der Waals surface area contributed by atoms with E-state index in [-0.39, 0.29) is 42.1 Å². The number of carbonyl (C=O) groups is 1. The van der Waals surface area contributed by atoms with Gasteiger partial charge in [0.2, 0.25) is 0 Å². The number of nitrogens with zero attached hydrogens (tertiary/aromatic N) is 7. The van der Waals surface area contributed by atoms with E-state index in [9.17, 15) is 14.4 Å². The molecule has 4 fully saturated rings. The summed E-state index contributed by atoms with van der Waals surface area (Å²) in [5.41, 5.74) is 3.73. The highest BCUT2D eigenvalue weighted by Crippen LogP contribution is 2.58. The lowest BCUT2D eigenvalue weighted by atomic mass is 9.96. The van der Waals surface area contributed by atoms with Crippen LogP contribution in [-0.4, -0.2) is 82.6 Å². The van der Waals surface area contributed by atoms with E-state index in [1.165, 1.54) is 35.3 Å². The van der Waals surface area contributed by atoms with Crippen LogP contribution in [0.2, 0.25) is 0 Å². The van der Waals surface area contributed by atoms with Gasteiger partial charge in [-0.2, -0.15) is 15.2 Å². The predicted molar refractivity (Wildman–Crippen MR) is 168 cm³/mol.